The van der Waals surface area contributed by atoms with Gasteiger partial charge in [-0.05, 0) is 13.0 Å². The molecule has 0 radical (unpaired) electrons. The van der Waals surface area contributed by atoms with Gasteiger partial charge in [0, 0.05) is 19.6 Å². The van der Waals surface area contributed by atoms with E-state index >= 15 is 0 Å². The zero-order valence-electron chi connectivity index (χ0n) is 11.2. The second-order valence-corrected chi connectivity index (χ2v) is 4.74. The summed E-state index contributed by atoms with van der Waals surface area (Å²) in [5.41, 5.74) is 0. The van der Waals surface area contributed by atoms with Gasteiger partial charge < -0.3 is 10.1 Å². The standard InChI is InChI=1S/C13H26N2O2/c1-3-4-5-6-7-9-15-10-8-14-12(11-15)13(16)17-2/h12,14H,3-11H2,1-2H3/t12-/m0/s1. The summed E-state index contributed by atoms with van der Waals surface area (Å²) in [6.45, 7) is 6.06. The first-order chi connectivity index (χ1) is 8.27. The van der Waals surface area contributed by atoms with E-state index in [2.05, 4.69) is 17.1 Å². The molecule has 1 N–H and O–H groups in total. The first-order valence-electron chi connectivity index (χ1n) is 6.81. The summed E-state index contributed by atoms with van der Waals surface area (Å²) >= 11 is 0. The maximum atomic E-state index is 11.4. The van der Waals surface area contributed by atoms with Crippen molar-refractivity contribution in [2.45, 2.75) is 45.1 Å². The quantitative estimate of drug-likeness (QED) is 0.541. The summed E-state index contributed by atoms with van der Waals surface area (Å²) in [6, 6.07) is -0.135. The molecule has 0 aromatic carbocycles. The van der Waals surface area contributed by atoms with Crippen molar-refractivity contribution in [2.24, 2.45) is 0 Å². The highest BCUT2D eigenvalue weighted by Crippen LogP contribution is 2.06. The van der Waals surface area contributed by atoms with E-state index in [-0.39, 0.29) is 12.0 Å². The molecule has 1 rings (SSSR count). The summed E-state index contributed by atoms with van der Waals surface area (Å²) in [5.74, 6) is -0.138. The van der Waals surface area contributed by atoms with Gasteiger partial charge in [-0.25, -0.2) is 0 Å². The molecule has 0 saturated carbocycles. The van der Waals surface area contributed by atoms with Crippen molar-refractivity contribution in [3.63, 3.8) is 0 Å². The normalized spacial score (nSPS) is 21.4. The molecular formula is C13H26N2O2. The third-order valence-corrected chi connectivity index (χ3v) is 3.32. The molecule has 1 atom stereocenters. The maximum absolute atomic E-state index is 11.4. The van der Waals surface area contributed by atoms with Crippen LogP contribution in [0.3, 0.4) is 0 Å². The van der Waals surface area contributed by atoms with Gasteiger partial charge in [0.25, 0.3) is 0 Å². The van der Waals surface area contributed by atoms with Crippen molar-refractivity contribution in [1.29, 1.82) is 0 Å². The van der Waals surface area contributed by atoms with Crippen molar-refractivity contribution < 1.29 is 9.53 Å². The van der Waals surface area contributed by atoms with Gasteiger partial charge in [-0.1, -0.05) is 32.6 Å². The van der Waals surface area contributed by atoms with Crippen molar-refractivity contribution in [3.8, 4) is 0 Å². The summed E-state index contributed by atoms with van der Waals surface area (Å²) in [5, 5.41) is 3.19. The fourth-order valence-corrected chi connectivity index (χ4v) is 2.25. The Kier molecular flexibility index (Phi) is 7.21. The third kappa shape index (κ3) is 5.50. The highest BCUT2D eigenvalue weighted by atomic mass is 16.5. The van der Waals surface area contributed by atoms with Gasteiger partial charge >= 0.3 is 5.97 Å². The second-order valence-electron chi connectivity index (χ2n) is 4.74. The van der Waals surface area contributed by atoms with E-state index in [9.17, 15) is 4.79 Å². The number of nitrogens with zero attached hydrogens (tertiary/aromatic N) is 1. The van der Waals surface area contributed by atoms with Gasteiger partial charge in [0.15, 0.2) is 0 Å². The molecule has 0 aliphatic carbocycles. The number of ether oxygens (including phenoxy) is 1. The van der Waals surface area contributed by atoms with Gasteiger partial charge in [-0.15, -0.1) is 0 Å². The molecule has 0 bridgehead atoms. The van der Waals surface area contributed by atoms with Crippen LogP contribution in [0, 0.1) is 0 Å². The summed E-state index contributed by atoms with van der Waals surface area (Å²) < 4.78 is 4.77. The lowest BCUT2D eigenvalue weighted by Crippen LogP contribution is -2.54. The summed E-state index contributed by atoms with van der Waals surface area (Å²) in [7, 11) is 1.45. The van der Waals surface area contributed by atoms with Crippen LogP contribution < -0.4 is 5.32 Å². The summed E-state index contributed by atoms with van der Waals surface area (Å²) in [6.07, 6.45) is 6.52. The van der Waals surface area contributed by atoms with Crippen LogP contribution >= 0.6 is 0 Å². The molecule has 1 saturated heterocycles. The topological polar surface area (TPSA) is 41.6 Å². The number of esters is 1. The van der Waals surface area contributed by atoms with Gasteiger partial charge in [-0.2, -0.15) is 0 Å². The first-order valence-corrected chi connectivity index (χ1v) is 6.81. The van der Waals surface area contributed by atoms with Crippen molar-refractivity contribution in [1.82, 2.24) is 10.2 Å². The molecule has 0 spiro atoms. The minimum atomic E-state index is -0.138. The minimum absolute atomic E-state index is 0.135. The number of hydrogen-bond donors (Lipinski definition) is 1. The van der Waals surface area contributed by atoms with Crippen molar-refractivity contribution in [3.05, 3.63) is 0 Å². The average molecular weight is 242 g/mol. The molecule has 0 aromatic heterocycles. The van der Waals surface area contributed by atoms with Gasteiger partial charge in [0.2, 0.25) is 0 Å². The highest BCUT2D eigenvalue weighted by molar-refractivity contribution is 5.76. The monoisotopic (exact) mass is 242 g/mol. The van der Waals surface area contributed by atoms with E-state index in [1.54, 1.807) is 0 Å². The Balaban J connectivity index is 2.14. The van der Waals surface area contributed by atoms with Crippen LogP contribution in [0.15, 0.2) is 0 Å². The Bertz CT molecular complexity index is 221. The Hall–Kier alpha value is -0.610. The zero-order valence-corrected chi connectivity index (χ0v) is 11.2. The smallest absolute Gasteiger partial charge is 0.324 e. The van der Waals surface area contributed by atoms with E-state index in [1.165, 1.54) is 39.2 Å². The van der Waals surface area contributed by atoms with Gasteiger partial charge in [0.1, 0.15) is 6.04 Å². The predicted octanol–water partition coefficient (Wildman–Crippen LogP) is 1.40. The Labute approximate surface area is 105 Å². The molecule has 1 aliphatic heterocycles. The van der Waals surface area contributed by atoms with E-state index in [0.717, 1.165) is 26.2 Å². The zero-order chi connectivity index (χ0) is 12.5. The number of piperazine rings is 1. The number of carbonyl (C=O) groups excluding carboxylic acids is 1. The molecule has 4 nitrogen and oxygen atoms in total. The molecule has 0 unspecified atom stereocenters. The van der Waals surface area contributed by atoms with Crippen LogP contribution in [-0.2, 0) is 9.53 Å². The molecule has 1 fully saturated rings. The lowest BCUT2D eigenvalue weighted by Gasteiger charge is -2.32. The predicted molar refractivity (Wildman–Crippen MR) is 69.0 cm³/mol. The summed E-state index contributed by atoms with van der Waals surface area (Å²) in [4.78, 5) is 13.8. The fourth-order valence-electron chi connectivity index (χ4n) is 2.25. The molecule has 17 heavy (non-hydrogen) atoms. The van der Waals surface area contributed by atoms with E-state index in [0.29, 0.717) is 0 Å². The van der Waals surface area contributed by atoms with E-state index in [4.69, 9.17) is 4.74 Å². The van der Waals surface area contributed by atoms with Crippen molar-refractivity contribution >= 4 is 5.97 Å². The molecule has 0 aromatic rings. The molecular weight excluding hydrogens is 216 g/mol. The van der Waals surface area contributed by atoms with Gasteiger partial charge in [0.05, 0.1) is 7.11 Å². The minimum Gasteiger partial charge on any atom is -0.468 e. The maximum Gasteiger partial charge on any atom is 0.324 e. The lowest BCUT2D eigenvalue weighted by molar-refractivity contribution is -0.144. The molecule has 1 heterocycles. The van der Waals surface area contributed by atoms with E-state index in [1.807, 2.05) is 0 Å². The Morgan fingerprint density at radius 1 is 1.35 bits per heavy atom. The molecule has 100 valence electrons. The Morgan fingerprint density at radius 2 is 2.12 bits per heavy atom. The fraction of sp³-hybridized carbons (Fsp3) is 0.923. The number of nitrogens with one attached hydrogen (secondary N) is 1. The number of carbonyl (C=O) groups is 1. The van der Waals surface area contributed by atoms with Crippen LogP contribution in [0.1, 0.15) is 39.0 Å². The van der Waals surface area contributed by atoms with Crippen LogP contribution in [0.25, 0.3) is 0 Å². The number of methoxy groups -OCH3 is 1. The van der Waals surface area contributed by atoms with Crippen LogP contribution in [0.5, 0.6) is 0 Å². The number of hydrogen-bond acceptors (Lipinski definition) is 4. The number of rotatable bonds is 7. The SMILES string of the molecule is CCCCCCCN1CCN[C@H](C(=O)OC)C1. The third-order valence-electron chi connectivity index (χ3n) is 3.32. The van der Waals surface area contributed by atoms with Crippen LogP contribution in [0.4, 0.5) is 0 Å². The second kappa shape index (κ2) is 8.48. The van der Waals surface area contributed by atoms with Crippen molar-refractivity contribution in [2.75, 3.05) is 33.3 Å². The Morgan fingerprint density at radius 3 is 2.82 bits per heavy atom. The average Bonchev–Trinajstić information content (AvgIpc) is 2.38. The first kappa shape index (κ1) is 14.5. The highest BCUT2D eigenvalue weighted by Gasteiger charge is 2.25. The van der Waals surface area contributed by atoms with E-state index < -0.39 is 0 Å². The van der Waals surface area contributed by atoms with Crippen LogP contribution in [0.2, 0.25) is 0 Å². The molecule has 0 amide bonds. The number of unbranched alkanes of at least 4 members (excludes halogenated alkanes) is 4. The van der Waals surface area contributed by atoms with Crippen LogP contribution in [-0.4, -0.2) is 50.2 Å². The molecule has 1 aliphatic rings. The lowest BCUT2D eigenvalue weighted by atomic mass is 10.1. The largest absolute Gasteiger partial charge is 0.468 e. The molecule has 4 heteroatoms. The van der Waals surface area contributed by atoms with Gasteiger partial charge in [-0.3, -0.25) is 9.69 Å².